The molecule has 132 valence electrons. The van der Waals surface area contributed by atoms with E-state index in [1.807, 2.05) is 43.9 Å². The molecule has 1 aliphatic heterocycles. The fraction of sp³-hybridized carbons (Fsp3) is 0.471. The van der Waals surface area contributed by atoms with Gasteiger partial charge >= 0.3 is 59.1 Å². The maximum Gasteiger partial charge on any atom is 1.00 e. The minimum atomic E-state index is -4.40. The number of hydrogen-bond donors (Lipinski definition) is 0. The summed E-state index contributed by atoms with van der Waals surface area (Å²) in [5.41, 5.74) is 2.47. The van der Waals surface area contributed by atoms with Gasteiger partial charge in [0.1, 0.15) is 0 Å². The van der Waals surface area contributed by atoms with Crippen LogP contribution in [0.15, 0.2) is 24.3 Å². The molecule has 1 aromatic rings. The van der Waals surface area contributed by atoms with E-state index < -0.39 is 27.4 Å². The van der Waals surface area contributed by atoms with E-state index in [4.69, 9.17) is 0 Å². The van der Waals surface area contributed by atoms with Gasteiger partial charge in [0, 0.05) is 23.8 Å². The number of aryl methyl sites for hydroxylation is 1. The molecule has 0 atom stereocenters. The van der Waals surface area contributed by atoms with Crippen molar-refractivity contribution in [3.63, 3.8) is 0 Å². The summed E-state index contributed by atoms with van der Waals surface area (Å²) in [6.45, 7) is 6.24. The Morgan fingerprint density at radius 3 is 2.38 bits per heavy atom. The van der Waals surface area contributed by atoms with Gasteiger partial charge in [-0.1, -0.05) is 18.2 Å². The molecule has 0 fully saturated rings. The number of carboxylic acid groups (broad SMARTS) is 1. The molecule has 0 N–H and O–H groups in total. The number of rotatable bonds is 6. The van der Waals surface area contributed by atoms with E-state index in [2.05, 4.69) is 0 Å². The van der Waals surface area contributed by atoms with Crippen molar-refractivity contribution < 1.29 is 82.0 Å². The molecule has 0 saturated heterocycles. The molecule has 0 amide bonds. The third kappa shape index (κ3) is 6.95. The van der Waals surface area contributed by atoms with E-state index >= 15 is 0 Å². The Hall–Kier alpha value is 0.140. The molecule has 2 rings (SSSR count). The van der Waals surface area contributed by atoms with Gasteiger partial charge in [0.05, 0.1) is 21.4 Å². The van der Waals surface area contributed by atoms with Gasteiger partial charge in [-0.05, 0) is 50.8 Å². The Balaban J connectivity index is 0.00000312. The standard InChI is InChI=1S/C17H23NO5S.2Na/c1-12-6-7-14-13(11-24(21,22)23)10-17(2,3)18(15(14)9-12)8-4-5-16(19)20;;/h6-7,9-10H,4-5,8,11H2,1-3H3,(H,19,20)(H,21,22,23);;/q;2*+1/p-2. The van der Waals surface area contributed by atoms with Gasteiger partial charge in [-0.15, -0.1) is 0 Å². The van der Waals surface area contributed by atoms with Crippen molar-refractivity contribution >= 4 is 27.3 Å². The van der Waals surface area contributed by atoms with E-state index in [0.29, 0.717) is 24.1 Å². The predicted octanol–water partition coefficient (Wildman–Crippen LogP) is -4.94. The minimum absolute atomic E-state index is 0. The largest absolute Gasteiger partial charge is 1.00 e. The number of carbonyl (C=O) groups is 1. The van der Waals surface area contributed by atoms with Gasteiger partial charge in [0.25, 0.3) is 0 Å². The van der Waals surface area contributed by atoms with Gasteiger partial charge in [-0.2, -0.15) is 0 Å². The first-order chi connectivity index (χ1) is 11.0. The van der Waals surface area contributed by atoms with Gasteiger partial charge in [-0.25, -0.2) is 8.42 Å². The molecular formula is C17H21NNa2O5S. The maximum absolute atomic E-state index is 11.2. The average molecular weight is 397 g/mol. The first kappa shape index (κ1) is 26.1. The minimum Gasteiger partial charge on any atom is -0.748 e. The van der Waals surface area contributed by atoms with Crippen molar-refractivity contribution in [3.05, 3.63) is 35.4 Å². The number of hydrogen-bond acceptors (Lipinski definition) is 6. The fourth-order valence-corrected chi connectivity index (χ4v) is 3.75. The van der Waals surface area contributed by atoms with Crippen LogP contribution in [0.5, 0.6) is 0 Å². The number of nitrogens with zero attached hydrogens (tertiary/aromatic N) is 1. The summed E-state index contributed by atoms with van der Waals surface area (Å²) in [5.74, 6) is -1.65. The smallest absolute Gasteiger partial charge is 0.748 e. The number of benzene rings is 1. The Kier molecular flexibility index (Phi) is 10.1. The average Bonchev–Trinajstić information content (AvgIpc) is 2.39. The van der Waals surface area contributed by atoms with E-state index in [9.17, 15) is 22.9 Å². The van der Waals surface area contributed by atoms with Crippen LogP contribution in [0.25, 0.3) is 5.57 Å². The van der Waals surface area contributed by atoms with Crippen molar-refractivity contribution in [2.75, 3.05) is 17.2 Å². The molecule has 1 heterocycles. The summed E-state index contributed by atoms with van der Waals surface area (Å²) >= 11 is 0. The number of carboxylic acids is 1. The van der Waals surface area contributed by atoms with Crippen LogP contribution in [0.2, 0.25) is 0 Å². The van der Waals surface area contributed by atoms with E-state index in [-0.39, 0.29) is 65.5 Å². The van der Waals surface area contributed by atoms with Crippen LogP contribution < -0.4 is 69.1 Å². The van der Waals surface area contributed by atoms with Gasteiger partial charge in [-0.3, -0.25) is 0 Å². The van der Waals surface area contributed by atoms with E-state index in [1.165, 1.54) is 0 Å². The van der Waals surface area contributed by atoms with Crippen molar-refractivity contribution in [1.29, 1.82) is 0 Å². The van der Waals surface area contributed by atoms with Crippen molar-refractivity contribution in [2.24, 2.45) is 0 Å². The summed E-state index contributed by atoms with van der Waals surface area (Å²) in [5, 5.41) is 10.7. The monoisotopic (exact) mass is 397 g/mol. The van der Waals surface area contributed by atoms with E-state index in [0.717, 1.165) is 11.3 Å². The Morgan fingerprint density at radius 2 is 1.85 bits per heavy atom. The summed E-state index contributed by atoms with van der Waals surface area (Å²) in [6.07, 6.45) is 2.15. The Labute approximate surface area is 199 Å². The molecule has 0 aliphatic carbocycles. The van der Waals surface area contributed by atoms with Crippen LogP contribution in [0, 0.1) is 6.92 Å². The summed E-state index contributed by atoms with van der Waals surface area (Å²) in [6, 6.07) is 5.60. The van der Waals surface area contributed by atoms with Crippen molar-refractivity contribution in [1.82, 2.24) is 0 Å². The molecule has 0 aromatic heterocycles. The van der Waals surface area contributed by atoms with Crippen LogP contribution in [0.3, 0.4) is 0 Å². The zero-order valence-electron chi connectivity index (χ0n) is 16.0. The number of anilines is 1. The third-order valence-corrected chi connectivity index (χ3v) is 4.77. The third-order valence-electron chi connectivity index (χ3n) is 4.11. The number of carbonyl (C=O) groups excluding carboxylic acids is 1. The van der Waals surface area contributed by atoms with E-state index in [1.54, 1.807) is 6.08 Å². The molecule has 0 unspecified atom stereocenters. The Bertz CT molecular complexity index is 790. The molecule has 1 aromatic carbocycles. The molecular weight excluding hydrogens is 376 g/mol. The quantitative estimate of drug-likeness (QED) is 0.352. The first-order valence-electron chi connectivity index (χ1n) is 7.73. The second-order valence-electron chi connectivity index (χ2n) is 6.67. The second kappa shape index (κ2) is 10.1. The zero-order chi connectivity index (χ0) is 18.1. The normalized spacial score (nSPS) is 15.2. The van der Waals surface area contributed by atoms with Crippen LogP contribution in [0.1, 0.15) is 37.8 Å². The number of aliphatic carboxylic acids is 1. The molecule has 26 heavy (non-hydrogen) atoms. The summed E-state index contributed by atoms with van der Waals surface area (Å²) in [7, 11) is -4.40. The molecule has 9 heteroatoms. The molecule has 0 radical (unpaired) electrons. The topological polar surface area (TPSA) is 101 Å². The van der Waals surface area contributed by atoms with Crippen LogP contribution in [0.4, 0.5) is 5.69 Å². The molecule has 0 spiro atoms. The first-order valence-corrected chi connectivity index (χ1v) is 9.31. The van der Waals surface area contributed by atoms with Gasteiger partial charge in [0.2, 0.25) is 0 Å². The molecule has 6 nitrogen and oxygen atoms in total. The van der Waals surface area contributed by atoms with Crippen LogP contribution in [-0.2, 0) is 14.9 Å². The van der Waals surface area contributed by atoms with Crippen LogP contribution >= 0.6 is 0 Å². The second-order valence-corrected chi connectivity index (χ2v) is 8.08. The van der Waals surface area contributed by atoms with Crippen LogP contribution in [-0.4, -0.2) is 36.8 Å². The molecule has 0 saturated carbocycles. The zero-order valence-corrected chi connectivity index (χ0v) is 20.9. The maximum atomic E-state index is 11.2. The summed E-state index contributed by atoms with van der Waals surface area (Å²) in [4.78, 5) is 12.7. The van der Waals surface area contributed by atoms with Crippen molar-refractivity contribution in [3.8, 4) is 0 Å². The summed E-state index contributed by atoms with van der Waals surface area (Å²) < 4.78 is 33.7. The fourth-order valence-electron chi connectivity index (χ4n) is 3.13. The Morgan fingerprint density at radius 1 is 1.23 bits per heavy atom. The predicted molar refractivity (Wildman–Crippen MR) is 89.4 cm³/mol. The SMILES string of the molecule is Cc1ccc2c(c1)N(CCCC(=O)[O-])C(C)(C)C=C2CS(=O)(=O)[O-].[Na+].[Na+]. The molecule has 1 aliphatic rings. The number of fused-ring (bicyclic) bond motifs is 1. The van der Waals surface area contributed by atoms with Gasteiger partial charge in [0.15, 0.2) is 0 Å². The van der Waals surface area contributed by atoms with Crippen molar-refractivity contribution in [2.45, 2.75) is 39.2 Å². The van der Waals surface area contributed by atoms with Gasteiger partial charge < -0.3 is 19.4 Å². The molecule has 0 bridgehead atoms.